The maximum absolute atomic E-state index is 12.6. The van der Waals surface area contributed by atoms with Crippen molar-refractivity contribution < 1.29 is 18.8 Å². The minimum atomic E-state index is -0.583. The van der Waals surface area contributed by atoms with Gasteiger partial charge in [0.1, 0.15) is 0 Å². The van der Waals surface area contributed by atoms with Crippen LogP contribution in [0.3, 0.4) is 0 Å². The Morgan fingerprint density at radius 2 is 1.81 bits per heavy atom. The number of carbonyl (C=O) groups is 2. The van der Waals surface area contributed by atoms with Gasteiger partial charge in [-0.3, -0.25) is 4.79 Å². The van der Waals surface area contributed by atoms with Crippen molar-refractivity contribution in [2.75, 3.05) is 5.32 Å². The minimum Gasteiger partial charge on any atom is -0.452 e. The fourth-order valence-corrected chi connectivity index (χ4v) is 2.53. The number of carbonyl (C=O) groups excluding carboxylic acids is 2. The molecule has 3 aromatic rings. The molecule has 3 rings (SSSR count). The zero-order valence-electron chi connectivity index (χ0n) is 15.7. The van der Waals surface area contributed by atoms with Crippen molar-refractivity contribution in [1.29, 1.82) is 0 Å². The Labute approximate surface area is 156 Å². The van der Waals surface area contributed by atoms with Crippen LogP contribution >= 0.6 is 0 Å². The molecule has 0 unspecified atom stereocenters. The zero-order chi connectivity index (χ0) is 19.6. The third-order valence-electron chi connectivity index (χ3n) is 3.88. The number of nitrogens with one attached hydrogen (secondary N) is 1. The van der Waals surface area contributed by atoms with E-state index in [9.17, 15) is 9.59 Å². The number of hydrogen-bond donors (Lipinski definition) is 1. The first-order valence-corrected chi connectivity index (χ1v) is 8.54. The van der Waals surface area contributed by atoms with E-state index in [4.69, 9.17) is 9.26 Å². The second-order valence-electron chi connectivity index (χ2n) is 7.26. The minimum absolute atomic E-state index is 0.145. The van der Waals surface area contributed by atoms with E-state index < -0.39 is 5.97 Å². The van der Waals surface area contributed by atoms with E-state index in [0.29, 0.717) is 11.5 Å². The average Bonchev–Trinajstić information content (AvgIpc) is 3.08. The number of anilines is 1. The molecule has 0 aliphatic carbocycles. The summed E-state index contributed by atoms with van der Waals surface area (Å²) in [5.74, 6) is -0.0978. The molecular formula is C20H21N3O4. The van der Waals surface area contributed by atoms with Crippen LogP contribution < -0.4 is 5.32 Å². The van der Waals surface area contributed by atoms with Gasteiger partial charge in [-0.15, -0.1) is 0 Å². The molecule has 0 fully saturated rings. The molecule has 0 spiro atoms. The highest BCUT2D eigenvalue weighted by molar-refractivity contribution is 6.05. The average molecular weight is 367 g/mol. The maximum Gasteiger partial charge on any atom is 0.340 e. The van der Waals surface area contributed by atoms with Gasteiger partial charge < -0.3 is 14.6 Å². The van der Waals surface area contributed by atoms with E-state index in [1.54, 1.807) is 12.1 Å². The Hall–Kier alpha value is -3.22. The topological polar surface area (TPSA) is 94.3 Å². The third-order valence-corrected chi connectivity index (χ3v) is 3.88. The molecule has 0 bridgehead atoms. The third kappa shape index (κ3) is 4.31. The van der Waals surface area contributed by atoms with Crippen molar-refractivity contribution in [2.45, 2.75) is 39.7 Å². The summed E-state index contributed by atoms with van der Waals surface area (Å²) in [7, 11) is 0. The van der Waals surface area contributed by atoms with Crippen LogP contribution in [0.1, 0.15) is 49.8 Å². The van der Waals surface area contributed by atoms with Crippen LogP contribution in [0, 0.1) is 0 Å². The Kier molecular flexibility index (Phi) is 4.94. The van der Waals surface area contributed by atoms with Crippen molar-refractivity contribution >= 4 is 28.3 Å². The SMILES string of the molecule is CC(=O)Nc1cc2ccccc2cc1C(=O)OCc1nc(C(C)(C)C)no1. The van der Waals surface area contributed by atoms with Gasteiger partial charge >= 0.3 is 5.97 Å². The number of rotatable bonds is 4. The predicted octanol–water partition coefficient (Wildman–Crippen LogP) is 3.84. The van der Waals surface area contributed by atoms with Gasteiger partial charge in [-0.2, -0.15) is 4.98 Å². The van der Waals surface area contributed by atoms with Gasteiger partial charge in [0.2, 0.25) is 5.91 Å². The highest BCUT2D eigenvalue weighted by Gasteiger charge is 2.22. The van der Waals surface area contributed by atoms with E-state index in [1.807, 2.05) is 45.0 Å². The Balaban J connectivity index is 1.83. The van der Waals surface area contributed by atoms with Crippen LogP contribution in [0.25, 0.3) is 10.8 Å². The van der Waals surface area contributed by atoms with Crippen molar-refractivity contribution in [3.8, 4) is 0 Å². The van der Waals surface area contributed by atoms with Gasteiger partial charge in [0.15, 0.2) is 12.4 Å². The lowest BCUT2D eigenvalue weighted by molar-refractivity contribution is -0.114. The normalized spacial score (nSPS) is 11.4. The quantitative estimate of drug-likeness (QED) is 0.704. The Bertz CT molecular complexity index is 1000. The highest BCUT2D eigenvalue weighted by Crippen LogP contribution is 2.25. The molecular weight excluding hydrogens is 346 g/mol. The van der Waals surface area contributed by atoms with Gasteiger partial charge in [-0.1, -0.05) is 50.2 Å². The molecule has 1 heterocycles. The van der Waals surface area contributed by atoms with Crippen LogP contribution in [0.15, 0.2) is 40.9 Å². The highest BCUT2D eigenvalue weighted by atomic mass is 16.6. The summed E-state index contributed by atoms with van der Waals surface area (Å²) in [5.41, 5.74) is 0.398. The van der Waals surface area contributed by atoms with Gasteiger partial charge in [0.05, 0.1) is 11.3 Å². The fraction of sp³-hybridized carbons (Fsp3) is 0.300. The molecule has 7 nitrogen and oxygen atoms in total. The van der Waals surface area contributed by atoms with E-state index in [-0.39, 0.29) is 29.4 Å². The molecule has 1 N–H and O–H groups in total. The van der Waals surface area contributed by atoms with Crippen LogP contribution in [0.2, 0.25) is 0 Å². The lowest BCUT2D eigenvalue weighted by Crippen LogP contribution is -2.14. The second-order valence-corrected chi connectivity index (χ2v) is 7.26. The summed E-state index contributed by atoms with van der Waals surface area (Å²) in [5, 5.41) is 8.35. The Morgan fingerprint density at radius 3 is 2.41 bits per heavy atom. The van der Waals surface area contributed by atoms with Crippen LogP contribution in [-0.2, 0) is 21.6 Å². The molecule has 1 amide bonds. The monoisotopic (exact) mass is 367 g/mol. The summed E-state index contributed by atoms with van der Waals surface area (Å²) in [6.07, 6.45) is 0. The number of aromatic nitrogens is 2. The number of benzene rings is 2. The molecule has 27 heavy (non-hydrogen) atoms. The van der Waals surface area contributed by atoms with Crippen LogP contribution in [0.5, 0.6) is 0 Å². The van der Waals surface area contributed by atoms with Crippen molar-refractivity contribution in [3.05, 3.63) is 53.7 Å². The number of nitrogens with zero attached hydrogens (tertiary/aromatic N) is 2. The van der Waals surface area contributed by atoms with E-state index in [0.717, 1.165) is 10.8 Å². The molecule has 2 aromatic carbocycles. The summed E-state index contributed by atoms with van der Waals surface area (Å²) < 4.78 is 10.5. The number of ether oxygens (including phenoxy) is 1. The summed E-state index contributed by atoms with van der Waals surface area (Å²) in [6, 6.07) is 11.0. The molecule has 0 radical (unpaired) electrons. The Morgan fingerprint density at radius 1 is 1.15 bits per heavy atom. The van der Waals surface area contributed by atoms with E-state index in [1.165, 1.54) is 6.92 Å². The lowest BCUT2D eigenvalue weighted by atomic mass is 9.96. The predicted molar refractivity (Wildman–Crippen MR) is 100 cm³/mol. The second kappa shape index (κ2) is 7.19. The smallest absolute Gasteiger partial charge is 0.340 e. The molecule has 140 valence electrons. The lowest BCUT2D eigenvalue weighted by Gasteiger charge is -2.11. The number of amides is 1. The summed E-state index contributed by atoms with van der Waals surface area (Å²) in [4.78, 5) is 28.4. The first-order chi connectivity index (χ1) is 12.7. The molecule has 0 aliphatic rings. The first kappa shape index (κ1) is 18.6. The molecule has 0 aliphatic heterocycles. The van der Waals surface area contributed by atoms with Gasteiger partial charge in [0.25, 0.3) is 5.89 Å². The summed E-state index contributed by atoms with van der Waals surface area (Å²) in [6.45, 7) is 7.12. The molecule has 7 heteroatoms. The van der Waals surface area contributed by atoms with Gasteiger partial charge in [0, 0.05) is 12.3 Å². The zero-order valence-corrected chi connectivity index (χ0v) is 15.7. The van der Waals surface area contributed by atoms with Crippen LogP contribution in [0.4, 0.5) is 5.69 Å². The van der Waals surface area contributed by atoms with Crippen molar-refractivity contribution in [3.63, 3.8) is 0 Å². The van der Waals surface area contributed by atoms with E-state index in [2.05, 4.69) is 15.5 Å². The molecule has 1 aromatic heterocycles. The molecule has 0 saturated carbocycles. The van der Waals surface area contributed by atoms with Crippen molar-refractivity contribution in [1.82, 2.24) is 10.1 Å². The van der Waals surface area contributed by atoms with E-state index >= 15 is 0 Å². The maximum atomic E-state index is 12.6. The standard InChI is InChI=1S/C20H21N3O4/c1-12(24)21-16-10-14-8-6-5-7-13(14)9-15(16)18(25)26-11-17-22-19(23-27-17)20(2,3)4/h5-10H,11H2,1-4H3,(H,21,24). The number of fused-ring (bicyclic) bond motifs is 1. The van der Waals surface area contributed by atoms with Gasteiger partial charge in [-0.25, -0.2) is 4.79 Å². The first-order valence-electron chi connectivity index (χ1n) is 8.54. The van der Waals surface area contributed by atoms with Crippen molar-refractivity contribution in [2.24, 2.45) is 0 Å². The van der Waals surface area contributed by atoms with Gasteiger partial charge in [-0.05, 0) is 22.9 Å². The number of esters is 1. The van der Waals surface area contributed by atoms with Crippen LogP contribution in [-0.4, -0.2) is 22.0 Å². The summed E-state index contributed by atoms with van der Waals surface area (Å²) >= 11 is 0. The largest absolute Gasteiger partial charge is 0.452 e. The molecule has 0 saturated heterocycles. The number of hydrogen-bond acceptors (Lipinski definition) is 6. The molecule has 0 atom stereocenters. The fourth-order valence-electron chi connectivity index (χ4n) is 2.53.